The van der Waals surface area contributed by atoms with Gasteiger partial charge >= 0.3 is 0 Å². The molecule has 1 aliphatic rings. The average molecular weight is 265 g/mol. The van der Waals surface area contributed by atoms with E-state index in [0.717, 1.165) is 18.7 Å². The van der Waals surface area contributed by atoms with Crippen LogP contribution < -0.4 is 10.6 Å². The summed E-state index contributed by atoms with van der Waals surface area (Å²) in [6.45, 7) is 4.63. The maximum absolute atomic E-state index is 8.73. The molecule has 0 radical (unpaired) electrons. The van der Waals surface area contributed by atoms with Crippen LogP contribution in [0.1, 0.15) is 24.7 Å². The molecule has 1 aliphatic heterocycles. The highest BCUT2D eigenvalue weighted by atomic mass is 16.5. The third-order valence-electron chi connectivity index (χ3n) is 3.36. The zero-order chi connectivity index (χ0) is 14.0. The fourth-order valence-electron chi connectivity index (χ4n) is 2.27. The lowest BCUT2D eigenvalue weighted by molar-refractivity contribution is 0.118. The standard InChI is InChI=1S/C12H19N5O2/c1-7-6-9(11(13)16-18)15-12(14-7)17(3)10-4-5-19-8(10)2/h6,8,10,18H,4-5H2,1-3H3,(H2,13,16). The van der Waals surface area contributed by atoms with Crippen molar-refractivity contribution in [3.05, 3.63) is 17.5 Å². The van der Waals surface area contributed by atoms with E-state index in [2.05, 4.69) is 15.1 Å². The maximum atomic E-state index is 8.73. The summed E-state index contributed by atoms with van der Waals surface area (Å²) in [5.74, 6) is 0.542. The summed E-state index contributed by atoms with van der Waals surface area (Å²) in [5.41, 5.74) is 6.77. The zero-order valence-corrected chi connectivity index (χ0v) is 11.4. The van der Waals surface area contributed by atoms with Gasteiger partial charge in [0.2, 0.25) is 5.95 Å². The fraction of sp³-hybridized carbons (Fsp3) is 0.583. The Morgan fingerprint density at radius 1 is 1.58 bits per heavy atom. The lowest BCUT2D eigenvalue weighted by Crippen LogP contribution is -2.38. The molecule has 19 heavy (non-hydrogen) atoms. The second kappa shape index (κ2) is 5.40. The zero-order valence-electron chi connectivity index (χ0n) is 11.4. The van der Waals surface area contributed by atoms with E-state index in [0.29, 0.717) is 11.6 Å². The van der Waals surface area contributed by atoms with E-state index in [1.807, 2.05) is 25.8 Å². The maximum Gasteiger partial charge on any atom is 0.226 e. The van der Waals surface area contributed by atoms with Gasteiger partial charge in [-0.2, -0.15) is 0 Å². The first-order chi connectivity index (χ1) is 9.02. The number of aromatic nitrogens is 2. The highest BCUT2D eigenvalue weighted by molar-refractivity contribution is 5.95. The SMILES string of the molecule is Cc1cc(/C(N)=N/O)nc(N(C)C2CCOC2C)n1. The number of hydrogen-bond donors (Lipinski definition) is 2. The molecule has 0 bridgehead atoms. The molecule has 0 amide bonds. The molecule has 1 fully saturated rings. The van der Waals surface area contributed by atoms with Crippen molar-refractivity contribution in [2.24, 2.45) is 10.9 Å². The normalized spacial score (nSPS) is 23.6. The molecule has 7 heteroatoms. The van der Waals surface area contributed by atoms with Crippen molar-refractivity contribution < 1.29 is 9.94 Å². The van der Waals surface area contributed by atoms with Crippen molar-refractivity contribution in [2.45, 2.75) is 32.4 Å². The molecule has 2 unspecified atom stereocenters. The molecule has 2 atom stereocenters. The minimum Gasteiger partial charge on any atom is -0.409 e. The van der Waals surface area contributed by atoms with Crippen LogP contribution in [0.4, 0.5) is 5.95 Å². The molecule has 0 saturated carbocycles. The molecule has 0 aliphatic carbocycles. The molecular weight excluding hydrogens is 246 g/mol. The highest BCUT2D eigenvalue weighted by Gasteiger charge is 2.29. The number of hydrogen-bond acceptors (Lipinski definition) is 6. The van der Waals surface area contributed by atoms with Crippen LogP contribution in [0.5, 0.6) is 0 Å². The van der Waals surface area contributed by atoms with Gasteiger partial charge < -0.3 is 20.6 Å². The van der Waals surface area contributed by atoms with Gasteiger partial charge in [-0.25, -0.2) is 9.97 Å². The van der Waals surface area contributed by atoms with Crippen molar-refractivity contribution in [1.29, 1.82) is 0 Å². The van der Waals surface area contributed by atoms with E-state index in [9.17, 15) is 0 Å². The quantitative estimate of drug-likeness (QED) is 0.357. The third kappa shape index (κ3) is 2.76. The number of oxime groups is 1. The fourth-order valence-corrected chi connectivity index (χ4v) is 2.27. The Balaban J connectivity index is 2.31. The van der Waals surface area contributed by atoms with Crippen LogP contribution >= 0.6 is 0 Å². The highest BCUT2D eigenvalue weighted by Crippen LogP contribution is 2.22. The summed E-state index contributed by atoms with van der Waals surface area (Å²) in [7, 11) is 1.93. The van der Waals surface area contributed by atoms with E-state index in [1.54, 1.807) is 6.07 Å². The molecule has 2 heterocycles. The summed E-state index contributed by atoms with van der Waals surface area (Å²) < 4.78 is 5.55. The molecule has 1 aromatic rings. The van der Waals surface area contributed by atoms with Gasteiger partial charge in [-0.15, -0.1) is 0 Å². The summed E-state index contributed by atoms with van der Waals surface area (Å²) >= 11 is 0. The van der Waals surface area contributed by atoms with Crippen molar-refractivity contribution in [3.8, 4) is 0 Å². The van der Waals surface area contributed by atoms with Crippen LogP contribution in [-0.2, 0) is 4.74 Å². The van der Waals surface area contributed by atoms with E-state index < -0.39 is 0 Å². The van der Waals surface area contributed by atoms with Gasteiger partial charge in [-0.1, -0.05) is 5.16 Å². The first-order valence-corrected chi connectivity index (χ1v) is 6.21. The molecular formula is C12H19N5O2. The van der Waals surface area contributed by atoms with Crippen LogP contribution in [-0.4, -0.2) is 46.8 Å². The van der Waals surface area contributed by atoms with Crippen LogP contribution in [0.3, 0.4) is 0 Å². The van der Waals surface area contributed by atoms with Gasteiger partial charge in [-0.05, 0) is 26.3 Å². The smallest absolute Gasteiger partial charge is 0.226 e. The van der Waals surface area contributed by atoms with E-state index in [1.165, 1.54) is 0 Å². The molecule has 1 saturated heterocycles. The lowest BCUT2D eigenvalue weighted by Gasteiger charge is -2.27. The molecule has 3 N–H and O–H groups in total. The Kier molecular flexibility index (Phi) is 3.84. The largest absolute Gasteiger partial charge is 0.409 e. The molecule has 0 aromatic carbocycles. The minimum absolute atomic E-state index is 0.0177. The number of rotatable bonds is 3. The second-order valence-corrected chi connectivity index (χ2v) is 4.72. The number of likely N-dealkylation sites (N-methyl/N-ethyl adjacent to an activating group) is 1. The number of anilines is 1. The van der Waals surface area contributed by atoms with Crippen LogP contribution in [0.2, 0.25) is 0 Å². The van der Waals surface area contributed by atoms with Crippen molar-refractivity contribution in [3.63, 3.8) is 0 Å². The molecule has 7 nitrogen and oxygen atoms in total. The second-order valence-electron chi connectivity index (χ2n) is 4.72. The minimum atomic E-state index is -0.0177. The summed E-state index contributed by atoms with van der Waals surface area (Å²) in [6, 6.07) is 1.92. The molecule has 2 rings (SSSR count). The van der Waals surface area contributed by atoms with Crippen LogP contribution in [0, 0.1) is 6.92 Å². The van der Waals surface area contributed by atoms with Gasteiger partial charge in [0.25, 0.3) is 0 Å². The number of aryl methyl sites for hydroxylation is 1. The van der Waals surface area contributed by atoms with Crippen molar-refractivity contribution in [1.82, 2.24) is 9.97 Å². The summed E-state index contributed by atoms with van der Waals surface area (Å²) in [6.07, 6.45) is 1.08. The predicted molar refractivity (Wildman–Crippen MR) is 71.5 cm³/mol. The first-order valence-electron chi connectivity index (χ1n) is 6.21. The van der Waals surface area contributed by atoms with Gasteiger partial charge in [-0.3, -0.25) is 0 Å². The number of nitrogens with two attached hydrogens (primary N) is 1. The summed E-state index contributed by atoms with van der Waals surface area (Å²) in [4.78, 5) is 10.7. The Bertz CT molecular complexity index is 491. The monoisotopic (exact) mass is 265 g/mol. The molecule has 104 valence electrons. The Hall–Kier alpha value is -1.89. The van der Waals surface area contributed by atoms with E-state index in [4.69, 9.17) is 15.7 Å². The van der Waals surface area contributed by atoms with Gasteiger partial charge in [0, 0.05) is 19.3 Å². The first kappa shape index (κ1) is 13.5. The lowest BCUT2D eigenvalue weighted by atomic mass is 10.1. The van der Waals surface area contributed by atoms with Gasteiger partial charge in [0.1, 0.15) is 5.69 Å². The topological polar surface area (TPSA) is 96.9 Å². The van der Waals surface area contributed by atoms with Gasteiger partial charge in [0.15, 0.2) is 5.84 Å². The Morgan fingerprint density at radius 2 is 2.32 bits per heavy atom. The van der Waals surface area contributed by atoms with E-state index >= 15 is 0 Å². The Labute approximate surface area is 112 Å². The Morgan fingerprint density at radius 3 is 2.89 bits per heavy atom. The van der Waals surface area contributed by atoms with Gasteiger partial charge in [0.05, 0.1) is 12.1 Å². The summed E-state index contributed by atoms with van der Waals surface area (Å²) in [5, 5.41) is 11.7. The van der Waals surface area contributed by atoms with Crippen LogP contribution in [0.15, 0.2) is 11.2 Å². The predicted octanol–water partition coefficient (Wildman–Crippen LogP) is 0.493. The third-order valence-corrected chi connectivity index (χ3v) is 3.36. The molecule has 0 spiro atoms. The number of amidine groups is 1. The van der Waals surface area contributed by atoms with Crippen molar-refractivity contribution >= 4 is 11.8 Å². The molecule has 1 aromatic heterocycles. The number of nitrogens with zero attached hydrogens (tertiary/aromatic N) is 4. The number of ether oxygens (including phenoxy) is 1. The average Bonchev–Trinajstić information content (AvgIpc) is 2.82. The van der Waals surface area contributed by atoms with E-state index in [-0.39, 0.29) is 18.0 Å². The van der Waals surface area contributed by atoms with Crippen molar-refractivity contribution in [2.75, 3.05) is 18.6 Å². The van der Waals surface area contributed by atoms with Crippen LogP contribution in [0.25, 0.3) is 0 Å².